The summed E-state index contributed by atoms with van der Waals surface area (Å²) >= 11 is 12.4. The third kappa shape index (κ3) is 4.00. The highest BCUT2D eigenvalue weighted by Gasteiger charge is 2.27. The number of hydrogen-bond acceptors (Lipinski definition) is 6. The number of nitrogens with zero attached hydrogens (tertiary/aromatic N) is 1. The summed E-state index contributed by atoms with van der Waals surface area (Å²) in [6.45, 7) is 6.73. The van der Waals surface area contributed by atoms with Gasteiger partial charge in [0.2, 0.25) is 0 Å². The van der Waals surface area contributed by atoms with Crippen molar-refractivity contribution in [2.45, 2.75) is 33.5 Å². The van der Waals surface area contributed by atoms with Crippen LogP contribution in [0, 0.1) is 12.8 Å². The Kier molecular flexibility index (Phi) is 5.66. The topological polar surface area (TPSA) is 91.2 Å². The maximum absolute atomic E-state index is 12.8. The monoisotopic (exact) mass is 447 g/mol. The van der Waals surface area contributed by atoms with Gasteiger partial charge in [-0.1, -0.05) is 37.0 Å². The zero-order valence-corrected chi connectivity index (χ0v) is 18.4. The summed E-state index contributed by atoms with van der Waals surface area (Å²) in [5, 5.41) is 14.6. The van der Waals surface area contributed by atoms with Gasteiger partial charge in [-0.05, 0) is 31.4 Å². The molecule has 0 saturated carbocycles. The lowest BCUT2D eigenvalue weighted by Gasteiger charge is -2.17. The third-order valence-electron chi connectivity index (χ3n) is 4.91. The Hall–Kier alpha value is -2.64. The first-order valence-corrected chi connectivity index (χ1v) is 10.5. The van der Waals surface area contributed by atoms with E-state index in [1.165, 1.54) is 12.4 Å². The van der Waals surface area contributed by atoms with E-state index in [-0.39, 0.29) is 12.2 Å². The third-order valence-corrected chi connectivity index (χ3v) is 5.48. The molecule has 3 aromatic rings. The summed E-state index contributed by atoms with van der Waals surface area (Å²) in [4.78, 5) is 16.8. The number of anilines is 3. The standard InChI is InChI=1S/C21H23Cl2N5O2/c1-10(2)4-5-25-20(29)13-7-16-17(12-6-11(3)30-19(12)13)27-21(26-16)28-18-14(22)8-24-9-15(18)23/h6-10,21,26-27H,4-5H2,1-3H3,(H,24,28)(H,25,29). The van der Waals surface area contributed by atoms with E-state index in [9.17, 15) is 4.79 Å². The number of fused-ring (bicyclic) bond motifs is 3. The van der Waals surface area contributed by atoms with E-state index < -0.39 is 0 Å². The number of benzene rings is 1. The molecule has 30 heavy (non-hydrogen) atoms. The zero-order valence-electron chi connectivity index (χ0n) is 16.9. The predicted octanol–water partition coefficient (Wildman–Crippen LogP) is 5.45. The molecule has 158 valence electrons. The van der Waals surface area contributed by atoms with Crippen molar-refractivity contribution < 1.29 is 9.21 Å². The lowest BCUT2D eigenvalue weighted by atomic mass is 10.1. The minimum Gasteiger partial charge on any atom is -0.460 e. The van der Waals surface area contributed by atoms with Crippen LogP contribution in [0.3, 0.4) is 0 Å². The van der Waals surface area contributed by atoms with Crippen LogP contribution in [0.15, 0.2) is 28.9 Å². The summed E-state index contributed by atoms with van der Waals surface area (Å²) in [5.74, 6) is 1.09. The average Bonchev–Trinajstić information content (AvgIpc) is 3.26. The number of nitrogens with one attached hydrogen (secondary N) is 4. The number of carbonyl (C=O) groups excluding carboxylic acids is 1. The van der Waals surface area contributed by atoms with Crippen LogP contribution < -0.4 is 21.3 Å². The predicted molar refractivity (Wildman–Crippen MR) is 122 cm³/mol. The minimum absolute atomic E-state index is 0.156. The molecular weight excluding hydrogens is 425 g/mol. The Morgan fingerprint density at radius 1 is 1.23 bits per heavy atom. The van der Waals surface area contributed by atoms with Crippen LogP contribution in [0.2, 0.25) is 10.0 Å². The number of carbonyl (C=O) groups is 1. The van der Waals surface area contributed by atoms with Crippen molar-refractivity contribution in [3.8, 4) is 0 Å². The molecule has 0 aliphatic carbocycles. The maximum Gasteiger partial charge on any atom is 0.255 e. The lowest BCUT2D eigenvalue weighted by Crippen LogP contribution is -2.31. The molecule has 4 N–H and O–H groups in total. The first kappa shape index (κ1) is 20.6. The van der Waals surface area contributed by atoms with Gasteiger partial charge < -0.3 is 25.7 Å². The van der Waals surface area contributed by atoms with Crippen molar-refractivity contribution in [1.29, 1.82) is 0 Å². The van der Waals surface area contributed by atoms with E-state index in [0.717, 1.165) is 28.9 Å². The van der Waals surface area contributed by atoms with E-state index in [1.807, 2.05) is 13.0 Å². The number of rotatable bonds is 6. The molecule has 0 saturated heterocycles. The van der Waals surface area contributed by atoms with Crippen molar-refractivity contribution in [3.05, 3.63) is 45.9 Å². The van der Waals surface area contributed by atoms with E-state index >= 15 is 0 Å². The molecule has 0 spiro atoms. The van der Waals surface area contributed by atoms with Gasteiger partial charge in [-0.2, -0.15) is 0 Å². The molecule has 7 nitrogen and oxygen atoms in total. The van der Waals surface area contributed by atoms with E-state index in [0.29, 0.717) is 39.3 Å². The summed E-state index contributed by atoms with van der Waals surface area (Å²) in [6.07, 6.45) is 3.58. The molecule has 0 bridgehead atoms. The fourth-order valence-electron chi connectivity index (χ4n) is 3.44. The van der Waals surface area contributed by atoms with Crippen LogP contribution >= 0.6 is 23.2 Å². The van der Waals surface area contributed by atoms with E-state index in [4.69, 9.17) is 27.6 Å². The second-order valence-electron chi connectivity index (χ2n) is 7.73. The van der Waals surface area contributed by atoms with Gasteiger partial charge in [0.25, 0.3) is 5.91 Å². The Morgan fingerprint density at radius 2 is 1.97 bits per heavy atom. The van der Waals surface area contributed by atoms with Gasteiger partial charge in [0.1, 0.15) is 11.3 Å². The summed E-state index contributed by atoms with van der Waals surface area (Å²) in [7, 11) is 0. The van der Waals surface area contributed by atoms with Gasteiger partial charge in [0.05, 0.1) is 32.7 Å². The molecule has 1 aliphatic rings. The molecule has 3 heterocycles. The van der Waals surface area contributed by atoms with Crippen LogP contribution in [0.4, 0.5) is 17.1 Å². The molecule has 9 heteroatoms. The van der Waals surface area contributed by atoms with E-state index in [1.54, 1.807) is 6.07 Å². The van der Waals surface area contributed by atoms with Gasteiger partial charge in [0, 0.05) is 24.3 Å². The molecule has 1 unspecified atom stereocenters. The first-order chi connectivity index (χ1) is 14.3. The van der Waals surface area contributed by atoms with Gasteiger partial charge in [-0.3, -0.25) is 9.78 Å². The molecule has 0 fully saturated rings. The molecule has 1 aliphatic heterocycles. The Bertz CT molecular complexity index is 1090. The average molecular weight is 448 g/mol. The van der Waals surface area contributed by atoms with Crippen molar-refractivity contribution in [2.24, 2.45) is 5.92 Å². The van der Waals surface area contributed by atoms with Crippen LogP contribution in [0.25, 0.3) is 11.0 Å². The maximum atomic E-state index is 12.8. The van der Waals surface area contributed by atoms with Crippen molar-refractivity contribution >= 4 is 57.1 Å². The molecule has 2 aromatic heterocycles. The van der Waals surface area contributed by atoms with Crippen molar-refractivity contribution in [2.75, 3.05) is 22.5 Å². The first-order valence-electron chi connectivity index (χ1n) is 9.77. The fraction of sp³-hybridized carbons (Fsp3) is 0.333. The number of aryl methyl sites for hydroxylation is 1. The molecule has 1 atom stereocenters. The lowest BCUT2D eigenvalue weighted by molar-refractivity contribution is 0.0952. The largest absolute Gasteiger partial charge is 0.460 e. The van der Waals surface area contributed by atoms with Crippen LogP contribution in [-0.4, -0.2) is 23.7 Å². The van der Waals surface area contributed by atoms with Crippen molar-refractivity contribution in [3.63, 3.8) is 0 Å². The highest BCUT2D eigenvalue weighted by Crippen LogP contribution is 2.41. The van der Waals surface area contributed by atoms with Crippen LogP contribution in [0.5, 0.6) is 0 Å². The number of hydrogen-bond donors (Lipinski definition) is 4. The fourth-order valence-corrected chi connectivity index (χ4v) is 3.91. The second kappa shape index (κ2) is 8.24. The number of halogens is 2. The number of pyridine rings is 1. The normalized spacial score (nSPS) is 15.1. The van der Waals surface area contributed by atoms with Crippen molar-refractivity contribution in [1.82, 2.24) is 10.3 Å². The molecule has 1 aromatic carbocycles. The van der Waals surface area contributed by atoms with Crippen LogP contribution in [0.1, 0.15) is 36.4 Å². The summed E-state index contributed by atoms with van der Waals surface area (Å²) < 4.78 is 5.87. The van der Waals surface area contributed by atoms with E-state index in [2.05, 4.69) is 40.1 Å². The zero-order chi connectivity index (χ0) is 21.4. The summed E-state index contributed by atoms with van der Waals surface area (Å²) in [6, 6.07) is 3.72. The second-order valence-corrected chi connectivity index (χ2v) is 8.54. The molecule has 0 radical (unpaired) electrons. The highest BCUT2D eigenvalue weighted by atomic mass is 35.5. The number of aromatic nitrogens is 1. The Balaban J connectivity index is 1.62. The Morgan fingerprint density at radius 3 is 2.67 bits per heavy atom. The minimum atomic E-state index is -0.380. The molecule has 4 rings (SSSR count). The highest BCUT2D eigenvalue weighted by molar-refractivity contribution is 6.38. The Labute approximate surface area is 184 Å². The summed E-state index contributed by atoms with van der Waals surface area (Å²) in [5.41, 5.74) is 3.26. The van der Waals surface area contributed by atoms with Gasteiger partial charge in [-0.15, -0.1) is 0 Å². The molecular formula is C21H23Cl2N5O2. The van der Waals surface area contributed by atoms with Crippen LogP contribution in [-0.2, 0) is 0 Å². The quantitative estimate of drug-likeness (QED) is 0.401. The van der Waals surface area contributed by atoms with Gasteiger partial charge in [0.15, 0.2) is 6.29 Å². The SMILES string of the molecule is Cc1cc2c3c(cc(C(=O)NCCC(C)C)c2o1)NC(Nc1c(Cl)cncc1Cl)N3. The number of amides is 1. The number of furan rings is 1. The van der Waals surface area contributed by atoms with Gasteiger partial charge >= 0.3 is 0 Å². The molecule has 1 amide bonds. The van der Waals surface area contributed by atoms with Gasteiger partial charge in [-0.25, -0.2) is 0 Å². The smallest absolute Gasteiger partial charge is 0.255 e.